The molecule has 0 saturated carbocycles. The van der Waals surface area contributed by atoms with Gasteiger partial charge in [0.15, 0.2) is 0 Å². The molecule has 0 aliphatic carbocycles. The molecule has 1 N–H and O–H groups in total. The monoisotopic (exact) mass is 338 g/mol. The smallest absolute Gasteiger partial charge is 0.317 e. The number of carbonyl (C=O) groups excluding carboxylic acids is 1. The highest BCUT2D eigenvalue weighted by molar-refractivity contribution is 6.33. The highest BCUT2D eigenvalue weighted by Crippen LogP contribution is 2.35. The zero-order valence-electron chi connectivity index (χ0n) is 12.9. The van der Waals surface area contributed by atoms with Crippen LogP contribution in [0, 0.1) is 17.0 Å². The SMILES string of the molecule is Cc1cc([N+](=O)[O-])cc(Cl)c1N1CCC(N2CCNC2=O)CC1. The average molecular weight is 339 g/mol. The Hall–Kier alpha value is -2.02. The fourth-order valence-corrected chi connectivity index (χ4v) is 3.84. The van der Waals surface area contributed by atoms with Gasteiger partial charge in [-0.2, -0.15) is 0 Å². The summed E-state index contributed by atoms with van der Waals surface area (Å²) in [7, 11) is 0. The van der Waals surface area contributed by atoms with Crippen LogP contribution in [-0.4, -0.2) is 48.1 Å². The summed E-state index contributed by atoms with van der Waals surface area (Å²) in [6, 6.07) is 3.24. The Morgan fingerprint density at radius 2 is 2.00 bits per heavy atom. The van der Waals surface area contributed by atoms with Gasteiger partial charge >= 0.3 is 6.03 Å². The van der Waals surface area contributed by atoms with E-state index in [1.807, 2.05) is 11.8 Å². The number of carbonyl (C=O) groups is 1. The van der Waals surface area contributed by atoms with E-state index in [0.717, 1.165) is 43.7 Å². The normalized spacial score (nSPS) is 19.1. The molecular weight excluding hydrogens is 320 g/mol. The van der Waals surface area contributed by atoms with Gasteiger partial charge in [-0.25, -0.2) is 4.79 Å². The van der Waals surface area contributed by atoms with Crippen molar-refractivity contribution >= 4 is 29.0 Å². The number of piperidine rings is 1. The highest BCUT2D eigenvalue weighted by atomic mass is 35.5. The van der Waals surface area contributed by atoms with Gasteiger partial charge in [0.25, 0.3) is 5.69 Å². The van der Waals surface area contributed by atoms with Crippen molar-refractivity contribution in [3.05, 3.63) is 32.8 Å². The summed E-state index contributed by atoms with van der Waals surface area (Å²) in [5, 5.41) is 14.1. The molecule has 1 aromatic rings. The number of nitro benzene ring substituents is 1. The van der Waals surface area contributed by atoms with Crippen LogP contribution >= 0.6 is 11.6 Å². The zero-order chi connectivity index (χ0) is 16.6. The lowest BCUT2D eigenvalue weighted by Gasteiger charge is -2.38. The largest absolute Gasteiger partial charge is 0.370 e. The molecule has 0 bridgehead atoms. The molecule has 0 aromatic heterocycles. The molecule has 0 radical (unpaired) electrons. The standard InChI is InChI=1S/C15H19ClN4O3/c1-10-8-12(20(22)23)9-13(16)14(10)18-5-2-11(3-6-18)19-7-4-17-15(19)21/h8-9,11H,2-7H2,1H3,(H,17,21). The molecule has 2 fully saturated rings. The number of non-ortho nitro benzene ring substituents is 1. The minimum absolute atomic E-state index is 0.0138. The number of amides is 2. The maximum Gasteiger partial charge on any atom is 0.317 e. The van der Waals surface area contributed by atoms with Gasteiger partial charge in [0.1, 0.15) is 0 Å². The number of hydrogen-bond donors (Lipinski definition) is 1. The van der Waals surface area contributed by atoms with E-state index in [-0.39, 0.29) is 17.8 Å². The van der Waals surface area contributed by atoms with Crippen molar-refractivity contribution in [3.8, 4) is 0 Å². The average Bonchev–Trinajstić information content (AvgIpc) is 2.93. The Bertz CT molecular complexity index is 621. The third kappa shape index (κ3) is 3.06. The van der Waals surface area contributed by atoms with E-state index in [1.165, 1.54) is 6.07 Å². The van der Waals surface area contributed by atoms with Gasteiger partial charge in [0.05, 0.1) is 15.6 Å². The number of benzene rings is 1. The van der Waals surface area contributed by atoms with Crippen LogP contribution in [-0.2, 0) is 0 Å². The van der Waals surface area contributed by atoms with E-state index in [9.17, 15) is 14.9 Å². The lowest BCUT2D eigenvalue weighted by atomic mass is 10.0. The Labute approximate surface area is 139 Å². The lowest BCUT2D eigenvalue weighted by Crippen LogP contribution is -2.46. The van der Waals surface area contributed by atoms with Crippen LogP contribution in [0.3, 0.4) is 0 Å². The van der Waals surface area contributed by atoms with Gasteiger partial charge in [0, 0.05) is 44.4 Å². The maximum atomic E-state index is 11.8. The molecule has 2 saturated heterocycles. The molecule has 2 amide bonds. The molecule has 0 atom stereocenters. The Balaban J connectivity index is 1.72. The number of aryl methyl sites for hydroxylation is 1. The summed E-state index contributed by atoms with van der Waals surface area (Å²) in [5.41, 5.74) is 1.68. The first-order valence-corrected chi connectivity index (χ1v) is 8.09. The number of hydrogen-bond acceptors (Lipinski definition) is 4. The fourth-order valence-electron chi connectivity index (χ4n) is 3.46. The van der Waals surface area contributed by atoms with Crippen LogP contribution in [0.1, 0.15) is 18.4 Å². The summed E-state index contributed by atoms with van der Waals surface area (Å²) in [5.74, 6) is 0. The topological polar surface area (TPSA) is 78.7 Å². The Morgan fingerprint density at radius 3 is 2.52 bits per heavy atom. The molecular formula is C15H19ClN4O3. The van der Waals surface area contributed by atoms with E-state index in [4.69, 9.17) is 11.6 Å². The number of nitro groups is 1. The van der Waals surface area contributed by atoms with Crippen molar-refractivity contribution in [1.82, 2.24) is 10.2 Å². The highest BCUT2D eigenvalue weighted by Gasteiger charge is 2.31. The third-order valence-electron chi connectivity index (χ3n) is 4.56. The first-order chi connectivity index (χ1) is 11.0. The maximum absolute atomic E-state index is 11.8. The molecule has 2 aliphatic heterocycles. The Kier molecular flexibility index (Phi) is 4.30. The van der Waals surface area contributed by atoms with Crippen molar-refractivity contribution < 1.29 is 9.72 Å². The van der Waals surface area contributed by atoms with Gasteiger partial charge in [-0.3, -0.25) is 10.1 Å². The Morgan fingerprint density at radius 1 is 1.30 bits per heavy atom. The number of urea groups is 1. The van der Waals surface area contributed by atoms with Crippen molar-refractivity contribution in [2.24, 2.45) is 0 Å². The van der Waals surface area contributed by atoms with Gasteiger partial charge in [-0.05, 0) is 25.3 Å². The lowest BCUT2D eigenvalue weighted by molar-refractivity contribution is -0.384. The molecule has 0 unspecified atom stereocenters. The van der Waals surface area contributed by atoms with E-state index < -0.39 is 4.92 Å². The van der Waals surface area contributed by atoms with Crippen molar-refractivity contribution in [3.63, 3.8) is 0 Å². The van der Waals surface area contributed by atoms with Crippen molar-refractivity contribution in [1.29, 1.82) is 0 Å². The first-order valence-electron chi connectivity index (χ1n) is 7.71. The number of nitrogens with one attached hydrogen (secondary N) is 1. The molecule has 2 heterocycles. The van der Waals surface area contributed by atoms with E-state index >= 15 is 0 Å². The molecule has 7 nitrogen and oxygen atoms in total. The quantitative estimate of drug-likeness (QED) is 0.678. The predicted octanol–water partition coefficient (Wildman–Crippen LogP) is 2.55. The molecule has 23 heavy (non-hydrogen) atoms. The molecule has 1 aromatic carbocycles. The minimum atomic E-state index is -0.430. The van der Waals surface area contributed by atoms with Crippen molar-refractivity contribution in [2.75, 3.05) is 31.1 Å². The predicted molar refractivity (Wildman–Crippen MR) is 88.2 cm³/mol. The molecule has 2 aliphatic rings. The zero-order valence-corrected chi connectivity index (χ0v) is 13.7. The molecule has 124 valence electrons. The van der Waals surface area contributed by atoms with Gasteiger partial charge in [0.2, 0.25) is 0 Å². The van der Waals surface area contributed by atoms with Crippen molar-refractivity contribution in [2.45, 2.75) is 25.8 Å². The molecule has 3 rings (SSSR count). The summed E-state index contributed by atoms with van der Waals surface area (Å²) in [4.78, 5) is 26.3. The second kappa shape index (κ2) is 6.23. The van der Waals surface area contributed by atoms with Crippen LogP contribution in [0.2, 0.25) is 5.02 Å². The van der Waals surface area contributed by atoms with Crippen LogP contribution in [0.4, 0.5) is 16.2 Å². The number of anilines is 1. The number of halogens is 1. The van der Waals surface area contributed by atoms with Gasteiger partial charge < -0.3 is 15.1 Å². The minimum Gasteiger partial charge on any atom is -0.370 e. The van der Waals surface area contributed by atoms with Gasteiger partial charge in [-0.15, -0.1) is 0 Å². The molecule has 0 spiro atoms. The summed E-state index contributed by atoms with van der Waals surface area (Å²) in [6.45, 7) is 4.89. The van der Waals surface area contributed by atoms with E-state index in [0.29, 0.717) is 11.6 Å². The summed E-state index contributed by atoms with van der Waals surface area (Å²) >= 11 is 6.28. The second-order valence-corrected chi connectivity index (χ2v) is 6.40. The summed E-state index contributed by atoms with van der Waals surface area (Å²) in [6.07, 6.45) is 1.75. The van der Waals surface area contributed by atoms with E-state index in [1.54, 1.807) is 6.07 Å². The van der Waals surface area contributed by atoms with Gasteiger partial charge in [-0.1, -0.05) is 11.6 Å². The third-order valence-corrected chi connectivity index (χ3v) is 4.85. The first kappa shape index (κ1) is 15.9. The fraction of sp³-hybridized carbons (Fsp3) is 0.533. The number of nitrogens with zero attached hydrogens (tertiary/aromatic N) is 3. The van der Waals surface area contributed by atoms with Crippen LogP contribution in [0.5, 0.6) is 0 Å². The second-order valence-electron chi connectivity index (χ2n) is 5.99. The molecule has 8 heteroatoms. The number of rotatable bonds is 3. The van der Waals surface area contributed by atoms with Crippen LogP contribution < -0.4 is 10.2 Å². The van der Waals surface area contributed by atoms with Crippen LogP contribution in [0.15, 0.2) is 12.1 Å². The summed E-state index contributed by atoms with van der Waals surface area (Å²) < 4.78 is 0. The van der Waals surface area contributed by atoms with Crippen LogP contribution in [0.25, 0.3) is 0 Å². The van der Waals surface area contributed by atoms with E-state index in [2.05, 4.69) is 10.2 Å².